The molecule has 1 nitrogen and oxygen atoms in total. The van der Waals surface area contributed by atoms with E-state index in [0.29, 0.717) is 5.54 Å². The molecule has 92 valence electrons. The molecular formula is C16H23N. The molecule has 2 aliphatic rings. The van der Waals surface area contributed by atoms with E-state index in [1.807, 2.05) is 0 Å². The lowest BCUT2D eigenvalue weighted by Gasteiger charge is -2.53. The average Bonchev–Trinajstić information content (AvgIpc) is 2.38. The number of hydrogen-bond acceptors (Lipinski definition) is 1. The topological polar surface area (TPSA) is 3.24 Å². The van der Waals surface area contributed by atoms with Crippen molar-refractivity contribution in [2.24, 2.45) is 0 Å². The van der Waals surface area contributed by atoms with Crippen molar-refractivity contribution in [3.8, 4) is 0 Å². The second kappa shape index (κ2) is 4.45. The van der Waals surface area contributed by atoms with Crippen LogP contribution in [0.4, 0.5) is 0 Å². The van der Waals surface area contributed by atoms with Gasteiger partial charge in [0.05, 0.1) is 0 Å². The highest BCUT2D eigenvalue weighted by Gasteiger charge is 2.43. The van der Waals surface area contributed by atoms with Crippen LogP contribution in [0, 0.1) is 0 Å². The highest BCUT2D eigenvalue weighted by atomic mass is 15.2. The van der Waals surface area contributed by atoms with Gasteiger partial charge in [0.15, 0.2) is 0 Å². The van der Waals surface area contributed by atoms with Crippen LogP contribution < -0.4 is 0 Å². The Hall–Kier alpha value is -0.820. The van der Waals surface area contributed by atoms with Gasteiger partial charge < -0.3 is 0 Å². The summed E-state index contributed by atoms with van der Waals surface area (Å²) in [6, 6.07) is 11.2. The van der Waals surface area contributed by atoms with Crippen LogP contribution in [0.5, 0.6) is 0 Å². The maximum atomic E-state index is 2.76. The van der Waals surface area contributed by atoms with Crippen molar-refractivity contribution in [2.75, 3.05) is 13.1 Å². The molecule has 0 spiro atoms. The third-order valence-electron chi connectivity index (χ3n) is 4.96. The van der Waals surface area contributed by atoms with E-state index < -0.39 is 0 Å². The first-order valence-corrected chi connectivity index (χ1v) is 7.11. The molecule has 0 aromatic heterocycles. The van der Waals surface area contributed by atoms with Crippen molar-refractivity contribution in [1.29, 1.82) is 0 Å². The van der Waals surface area contributed by atoms with E-state index in [2.05, 4.69) is 42.2 Å². The van der Waals surface area contributed by atoms with Crippen LogP contribution in [0.2, 0.25) is 0 Å². The Morgan fingerprint density at radius 2 is 1.82 bits per heavy atom. The van der Waals surface area contributed by atoms with Crippen LogP contribution in [-0.4, -0.2) is 23.5 Å². The molecule has 2 aliphatic heterocycles. The number of rotatable bonds is 1. The van der Waals surface area contributed by atoms with Crippen molar-refractivity contribution >= 4 is 0 Å². The summed E-state index contributed by atoms with van der Waals surface area (Å²) in [5, 5.41) is 0. The fraction of sp³-hybridized carbons (Fsp3) is 0.625. The molecule has 0 N–H and O–H groups in total. The number of nitrogens with zero attached hydrogens (tertiary/aromatic N) is 1. The Morgan fingerprint density at radius 1 is 1.06 bits per heavy atom. The van der Waals surface area contributed by atoms with Gasteiger partial charge in [0.1, 0.15) is 0 Å². The second-order valence-corrected chi connectivity index (χ2v) is 5.91. The maximum absolute atomic E-state index is 2.76. The standard InChI is InChI=1S/C16H23N/c1-16-11-5-6-12-17(16)13-7-10-15(16)14-8-3-2-4-9-14/h2-4,8-9,15H,5-7,10-13H2,1H3. The second-order valence-electron chi connectivity index (χ2n) is 5.91. The van der Waals surface area contributed by atoms with Gasteiger partial charge in [0.25, 0.3) is 0 Å². The fourth-order valence-electron chi connectivity index (χ4n) is 3.97. The van der Waals surface area contributed by atoms with Crippen LogP contribution in [0.1, 0.15) is 50.5 Å². The monoisotopic (exact) mass is 229 g/mol. The van der Waals surface area contributed by atoms with Crippen LogP contribution in [0.3, 0.4) is 0 Å². The van der Waals surface area contributed by atoms with Crippen molar-refractivity contribution in [3.05, 3.63) is 35.9 Å². The molecule has 17 heavy (non-hydrogen) atoms. The molecule has 2 atom stereocenters. The summed E-state index contributed by atoms with van der Waals surface area (Å²) in [5.41, 5.74) is 1.99. The molecule has 2 unspecified atom stereocenters. The zero-order valence-electron chi connectivity index (χ0n) is 10.9. The van der Waals surface area contributed by atoms with Crippen molar-refractivity contribution in [1.82, 2.24) is 4.90 Å². The van der Waals surface area contributed by atoms with E-state index in [1.165, 1.54) is 45.2 Å². The predicted molar refractivity (Wildman–Crippen MR) is 72.2 cm³/mol. The Labute approximate surface area is 105 Å². The van der Waals surface area contributed by atoms with Crippen LogP contribution in [-0.2, 0) is 0 Å². The van der Waals surface area contributed by atoms with E-state index in [4.69, 9.17) is 0 Å². The molecule has 1 aromatic rings. The van der Waals surface area contributed by atoms with Gasteiger partial charge in [-0.2, -0.15) is 0 Å². The van der Waals surface area contributed by atoms with Gasteiger partial charge in [0.2, 0.25) is 0 Å². The van der Waals surface area contributed by atoms with Crippen LogP contribution >= 0.6 is 0 Å². The first kappa shape index (κ1) is 11.3. The Kier molecular flexibility index (Phi) is 2.96. The molecule has 0 aliphatic carbocycles. The van der Waals surface area contributed by atoms with Gasteiger partial charge >= 0.3 is 0 Å². The summed E-state index contributed by atoms with van der Waals surface area (Å²) >= 11 is 0. The largest absolute Gasteiger partial charge is 0.297 e. The first-order chi connectivity index (χ1) is 8.31. The van der Waals surface area contributed by atoms with E-state index in [1.54, 1.807) is 5.56 Å². The molecule has 1 aromatic carbocycles. The zero-order valence-corrected chi connectivity index (χ0v) is 10.9. The summed E-state index contributed by atoms with van der Waals surface area (Å²) < 4.78 is 0. The molecule has 0 amide bonds. The summed E-state index contributed by atoms with van der Waals surface area (Å²) in [4.78, 5) is 2.76. The summed E-state index contributed by atoms with van der Waals surface area (Å²) in [7, 11) is 0. The third kappa shape index (κ3) is 1.91. The lowest BCUT2D eigenvalue weighted by molar-refractivity contribution is 0.00720. The fourth-order valence-corrected chi connectivity index (χ4v) is 3.97. The minimum Gasteiger partial charge on any atom is -0.297 e. The van der Waals surface area contributed by atoms with Crippen LogP contribution in [0.25, 0.3) is 0 Å². The average molecular weight is 229 g/mol. The molecule has 1 heteroatoms. The number of fused-ring (bicyclic) bond motifs is 1. The minimum atomic E-state index is 0.428. The normalized spacial score (nSPS) is 34.3. The molecular weight excluding hydrogens is 206 g/mol. The zero-order chi connectivity index (χ0) is 11.7. The van der Waals surface area contributed by atoms with Crippen molar-refractivity contribution < 1.29 is 0 Å². The molecule has 0 bridgehead atoms. The van der Waals surface area contributed by atoms with Gasteiger partial charge in [-0.25, -0.2) is 0 Å². The summed E-state index contributed by atoms with van der Waals surface area (Å²) in [6.07, 6.45) is 6.94. The first-order valence-electron chi connectivity index (χ1n) is 7.11. The van der Waals surface area contributed by atoms with Crippen molar-refractivity contribution in [3.63, 3.8) is 0 Å². The van der Waals surface area contributed by atoms with E-state index >= 15 is 0 Å². The third-order valence-corrected chi connectivity index (χ3v) is 4.96. The lowest BCUT2D eigenvalue weighted by Crippen LogP contribution is -2.56. The predicted octanol–water partition coefficient (Wildman–Crippen LogP) is 3.81. The molecule has 0 radical (unpaired) electrons. The highest BCUT2D eigenvalue weighted by molar-refractivity contribution is 5.25. The number of hydrogen-bond donors (Lipinski definition) is 0. The van der Waals surface area contributed by atoms with Crippen molar-refractivity contribution in [2.45, 2.75) is 50.5 Å². The lowest BCUT2D eigenvalue weighted by atomic mass is 9.70. The van der Waals surface area contributed by atoms with E-state index in [0.717, 1.165) is 5.92 Å². The quantitative estimate of drug-likeness (QED) is 0.708. The Bertz CT molecular complexity index is 370. The van der Waals surface area contributed by atoms with Crippen LogP contribution in [0.15, 0.2) is 30.3 Å². The maximum Gasteiger partial charge on any atom is 0.0249 e. The van der Waals surface area contributed by atoms with Gasteiger partial charge in [-0.3, -0.25) is 4.90 Å². The molecule has 2 fully saturated rings. The van der Waals surface area contributed by atoms with Gasteiger partial charge in [-0.15, -0.1) is 0 Å². The van der Waals surface area contributed by atoms with Gasteiger partial charge in [-0.05, 0) is 51.3 Å². The molecule has 2 saturated heterocycles. The molecule has 3 rings (SSSR count). The minimum absolute atomic E-state index is 0.428. The molecule has 2 heterocycles. The smallest absolute Gasteiger partial charge is 0.0249 e. The number of benzene rings is 1. The summed E-state index contributed by atoms with van der Waals surface area (Å²) in [6.45, 7) is 5.14. The number of piperidine rings is 2. The van der Waals surface area contributed by atoms with Gasteiger partial charge in [-0.1, -0.05) is 36.8 Å². The SMILES string of the molecule is CC12CCCCN1CCCC2c1ccccc1. The highest BCUT2D eigenvalue weighted by Crippen LogP contribution is 2.45. The van der Waals surface area contributed by atoms with E-state index in [-0.39, 0.29) is 0 Å². The molecule has 0 saturated carbocycles. The van der Waals surface area contributed by atoms with E-state index in [9.17, 15) is 0 Å². The Morgan fingerprint density at radius 3 is 2.65 bits per heavy atom. The van der Waals surface area contributed by atoms with Gasteiger partial charge in [0, 0.05) is 11.5 Å². The Balaban J connectivity index is 1.93. The summed E-state index contributed by atoms with van der Waals surface area (Å²) in [5.74, 6) is 0.748.